The number of carbonyl (C=O) groups is 2. The fraction of sp³-hybridized carbons (Fsp3) is 0.250. The number of rotatable bonds is 2. The van der Waals surface area contributed by atoms with Gasteiger partial charge in [-0.2, -0.15) is 0 Å². The van der Waals surface area contributed by atoms with E-state index in [1.165, 1.54) is 13.0 Å². The Balaban J connectivity index is 3.17. The molecule has 12 heavy (non-hydrogen) atoms. The molecule has 3 nitrogen and oxygen atoms in total. The average molecular weight is 184 g/mol. The maximum atomic E-state index is 10.9. The van der Waals surface area contributed by atoms with E-state index in [1.807, 2.05) is 0 Å². The van der Waals surface area contributed by atoms with Crippen LogP contribution in [0.5, 0.6) is 0 Å². The minimum Gasteiger partial charge on any atom is -0.477 e. The summed E-state index contributed by atoms with van der Waals surface area (Å²) < 4.78 is 0. The first kappa shape index (κ1) is 8.93. The van der Waals surface area contributed by atoms with Gasteiger partial charge >= 0.3 is 5.97 Å². The number of aromatic carboxylic acids is 1. The van der Waals surface area contributed by atoms with Crippen LogP contribution < -0.4 is 0 Å². The summed E-state index contributed by atoms with van der Waals surface area (Å²) >= 11 is 1.13. The van der Waals surface area contributed by atoms with Gasteiger partial charge < -0.3 is 5.11 Å². The molecule has 1 N–H and O–H groups in total. The van der Waals surface area contributed by atoms with E-state index >= 15 is 0 Å². The van der Waals surface area contributed by atoms with Gasteiger partial charge in [0.25, 0.3) is 0 Å². The molecule has 0 aliphatic rings. The van der Waals surface area contributed by atoms with E-state index in [2.05, 4.69) is 0 Å². The molecule has 0 saturated carbocycles. The van der Waals surface area contributed by atoms with Crippen molar-refractivity contribution in [2.75, 3.05) is 0 Å². The molecule has 64 valence electrons. The van der Waals surface area contributed by atoms with Crippen molar-refractivity contribution >= 4 is 23.1 Å². The van der Waals surface area contributed by atoms with Gasteiger partial charge in [-0.25, -0.2) is 4.79 Å². The van der Waals surface area contributed by atoms with Gasteiger partial charge in [-0.1, -0.05) is 0 Å². The lowest BCUT2D eigenvalue weighted by molar-refractivity contribution is 0.0702. The van der Waals surface area contributed by atoms with Gasteiger partial charge in [-0.3, -0.25) is 4.79 Å². The molecular weight excluding hydrogens is 176 g/mol. The first-order valence-corrected chi connectivity index (χ1v) is 4.18. The van der Waals surface area contributed by atoms with Crippen molar-refractivity contribution in [3.05, 3.63) is 21.4 Å². The highest BCUT2D eigenvalue weighted by Crippen LogP contribution is 2.21. The summed E-state index contributed by atoms with van der Waals surface area (Å²) in [6, 6.07) is 1.42. The number of ketones is 1. The molecule has 0 aliphatic carbocycles. The Morgan fingerprint density at radius 2 is 2.08 bits per heavy atom. The highest BCUT2D eigenvalue weighted by Gasteiger charge is 2.13. The topological polar surface area (TPSA) is 54.4 Å². The van der Waals surface area contributed by atoms with Crippen LogP contribution in [0.3, 0.4) is 0 Å². The van der Waals surface area contributed by atoms with Gasteiger partial charge in [0.15, 0.2) is 5.78 Å². The molecule has 1 aromatic rings. The second-order valence-corrected chi connectivity index (χ2v) is 3.70. The molecule has 0 radical (unpaired) electrons. The molecule has 4 heteroatoms. The molecule has 0 atom stereocenters. The Hall–Kier alpha value is -1.16. The van der Waals surface area contributed by atoms with Crippen LogP contribution in [0.2, 0.25) is 0 Å². The molecule has 0 bridgehead atoms. The standard InChI is InChI=1S/C8H8O3S/c1-4(9)6-3-7(8(10)11)12-5(6)2/h3H,1-2H3,(H,10,11). The summed E-state index contributed by atoms with van der Waals surface area (Å²) in [4.78, 5) is 22.4. The molecule has 1 heterocycles. The van der Waals surface area contributed by atoms with Gasteiger partial charge in [0.2, 0.25) is 0 Å². The summed E-state index contributed by atoms with van der Waals surface area (Å²) in [6.45, 7) is 3.18. The minimum atomic E-state index is -0.976. The summed E-state index contributed by atoms with van der Waals surface area (Å²) in [5, 5.41) is 8.60. The Kier molecular flexibility index (Phi) is 2.28. The molecule has 0 aliphatic heterocycles. The van der Waals surface area contributed by atoms with E-state index in [1.54, 1.807) is 6.92 Å². The summed E-state index contributed by atoms with van der Waals surface area (Å²) in [5.74, 6) is -1.06. The fourth-order valence-corrected chi connectivity index (χ4v) is 1.84. The Morgan fingerprint density at radius 3 is 2.33 bits per heavy atom. The Morgan fingerprint density at radius 1 is 1.50 bits per heavy atom. The molecule has 0 saturated heterocycles. The van der Waals surface area contributed by atoms with Crippen LogP contribution in [0.15, 0.2) is 6.07 Å². The van der Waals surface area contributed by atoms with Gasteiger partial charge in [0.05, 0.1) is 0 Å². The number of carbonyl (C=O) groups excluding carboxylic acids is 1. The minimum absolute atomic E-state index is 0.0868. The summed E-state index contributed by atoms with van der Waals surface area (Å²) in [6.07, 6.45) is 0. The third-order valence-corrected chi connectivity index (χ3v) is 2.55. The predicted molar refractivity (Wildman–Crippen MR) is 46.0 cm³/mol. The average Bonchev–Trinajstić information content (AvgIpc) is 2.30. The van der Waals surface area contributed by atoms with Crippen molar-refractivity contribution in [2.24, 2.45) is 0 Å². The van der Waals surface area contributed by atoms with Crippen molar-refractivity contribution < 1.29 is 14.7 Å². The van der Waals surface area contributed by atoms with Gasteiger partial charge in [0, 0.05) is 10.4 Å². The zero-order valence-electron chi connectivity index (χ0n) is 6.75. The van der Waals surface area contributed by atoms with Crippen LogP contribution in [-0.4, -0.2) is 16.9 Å². The van der Waals surface area contributed by atoms with Crippen molar-refractivity contribution in [1.82, 2.24) is 0 Å². The molecule has 0 unspecified atom stereocenters. The summed E-state index contributed by atoms with van der Waals surface area (Å²) in [7, 11) is 0. The third-order valence-electron chi connectivity index (χ3n) is 1.51. The molecule has 0 amide bonds. The number of aryl methyl sites for hydroxylation is 1. The number of thiophene rings is 1. The lowest BCUT2D eigenvalue weighted by Gasteiger charge is -1.87. The van der Waals surface area contributed by atoms with Crippen LogP contribution >= 0.6 is 11.3 Å². The second kappa shape index (κ2) is 3.06. The van der Waals surface area contributed by atoms with Crippen LogP contribution in [0.1, 0.15) is 31.8 Å². The van der Waals surface area contributed by atoms with Crippen molar-refractivity contribution in [2.45, 2.75) is 13.8 Å². The van der Waals surface area contributed by atoms with Crippen LogP contribution in [0, 0.1) is 6.92 Å². The Bertz CT molecular complexity index is 338. The van der Waals surface area contributed by atoms with E-state index in [9.17, 15) is 9.59 Å². The molecule has 0 aromatic carbocycles. The third kappa shape index (κ3) is 1.53. The molecule has 1 aromatic heterocycles. The normalized spacial score (nSPS) is 9.83. The maximum absolute atomic E-state index is 10.9. The Labute approximate surface area is 73.6 Å². The summed E-state index contributed by atoms with van der Waals surface area (Å²) in [5.41, 5.74) is 0.511. The lowest BCUT2D eigenvalue weighted by atomic mass is 10.2. The maximum Gasteiger partial charge on any atom is 0.345 e. The number of carboxylic acids is 1. The molecule has 0 spiro atoms. The van der Waals surface area contributed by atoms with Crippen LogP contribution in [0.25, 0.3) is 0 Å². The van der Waals surface area contributed by atoms with E-state index in [0.717, 1.165) is 16.2 Å². The number of Topliss-reactive ketones (excluding diaryl/α,β-unsaturated/α-hetero) is 1. The smallest absolute Gasteiger partial charge is 0.345 e. The highest BCUT2D eigenvalue weighted by atomic mass is 32.1. The zero-order chi connectivity index (χ0) is 9.30. The van der Waals surface area contributed by atoms with E-state index in [0.29, 0.717) is 5.56 Å². The van der Waals surface area contributed by atoms with E-state index in [4.69, 9.17) is 5.11 Å². The molecular formula is C8H8O3S. The van der Waals surface area contributed by atoms with Gasteiger partial charge in [0.1, 0.15) is 4.88 Å². The quantitative estimate of drug-likeness (QED) is 0.715. The van der Waals surface area contributed by atoms with E-state index < -0.39 is 5.97 Å². The van der Waals surface area contributed by atoms with Crippen molar-refractivity contribution in [3.8, 4) is 0 Å². The van der Waals surface area contributed by atoms with Gasteiger partial charge in [-0.05, 0) is 19.9 Å². The number of hydrogen-bond acceptors (Lipinski definition) is 3. The second-order valence-electron chi connectivity index (χ2n) is 2.44. The predicted octanol–water partition coefficient (Wildman–Crippen LogP) is 1.96. The first-order chi connectivity index (χ1) is 5.52. The van der Waals surface area contributed by atoms with Crippen LogP contribution in [-0.2, 0) is 0 Å². The van der Waals surface area contributed by atoms with Crippen molar-refractivity contribution in [1.29, 1.82) is 0 Å². The largest absolute Gasteiger partial charge is 0.477 e. The highest BCUT2D eigenvalue weighted by molar-refractivity contribution is 7.14. The monoisotopic (exact) mass is 184 g/mol. The SMILES string of the molecule is CC(=O)c1cc(C(=O)O)sc1C. The molecule has 1 rings (SSSR count). The first-order valence-electron chi connectivity index (χ1n) is 3.37. The van der Waals surface area contributed by atoms with Gasteiger partial charge in [-0.15, -0.1) is 11.3 Å². The molecule has 0 fully saturated rings. The number of hydrogen-bond donors (Lipinski definition) is 1. The van der Waals surface area contributed by atoms with Crippen molar-refractivity contribution in [3.63, 3.8) is 0 Å². The van der Waals surface area contributed by atoms with Crippen LogP contribution in [0.4, 0.5) is 0 Å². The zero-order valence-corrected chi connectivity index (χ0v) is 7.57. The van der Waals surface area contributed by atoms with E-state index in [-0.39, 0.29) is 10.7 Å². The fourth-order valence-electron chi connectivity index (χ4n) is 0.937. The lowest BCUT2D eigenvalue weighted by Crippen LogP contribution is -1.93. The number of carboxylic acid groups (broad SMARTS) is 1.